The molecule has 0 radical (unpaired) electrons. The summed E-state index contributed by atoms with van der Waals surface area (Å²) in [4.78, 5) is 0. The topological polar surface area (TPSA) is 42.0 Å². The predicted octanol–water partition coefficient (Wildman–Crippen LogP) is 2.88. The van der Waals surface area contributed by atoms with Crippen LogP contribution in [0.15, 0.2) is 72.8 Å². The van der Waals surface area contributed by atoms with Gasteiger partial charge in [-0.05, 0) is 22.8 Å². The number of ether oxygens (including phenoxy) is 1. The van der Waals surface area contributed by atoms with Gasteiger partial charge in [0.15, 0.2) is 0 Å². The number of epoxide rings is 1. The molecule has 0 saturated carbocycles. The van der Waals surface area contributed by atoms with Crippen LogP contribution in [-0.2, 0) is 9.16 Å². The number of hydrogen-bond acceptors (Lipinski definition) is 3. The molecule has 1 fully saturated rings. The molecular formula is C22H28O3Si. The Labute approximate surface area is 157 Å². The number of aliphatic hydroxyl groups excluding tert-OH is 1. The summed E-state index contributed by atoms with van der Waals surface area (Å²) in [6, 6.07) is 21.1. The molecule has 26 heavy (non-hydrogen) atoms. The van der Waals surface area contributed by atoms with E-state index in [4.69, 9.17) is 9.16 Å². The molecule has 138 valence electrons. The van der Waals surface area contributed by atoms with E-state index in [2.05, 4.69) is 62.4 Å². The van der Waals surface area contributed by atoms with E-state index in [9.17, 15) is 5.11 Å². The van der Waals surface area contributed by atoms with Gasteiger partial charge in [-0.1, -0.05) is 86.7 Å². The number of rotatable bonds is 8. The molecule has 0 spiro atoms. The molecule has 0 aromatic heterocycles. The zero-order valence-corrected chi connectivity index (χ0v) is 16.8. The quantitative estimate of drug-likeness (QED) is 0.443. The Morgan fingerprint density at radius 2 is 1.58 bits per heavy atom. The standard InChI is InChI=1S/C22H28O3Si/c1-18(2)26(19-11-6-4-7-12-19,20-13-8-5-9-14-20)25-16-10-15-21(23)22(3)17-24-22/h4-15,18,21,23H,16-17H2,1-3H3/b15-10+. The summed E-state index contributed by atoms with van der Waals surface area (Å²) in [6.45, 7) is 7.48. The van der Waals surface area contributed by atoms with Crippen molar-refractivity contribution >= 4 is 18.7 Å². The highest BCUT2D eigenvalue weighted by Gasteiger charge is 2.45. The van der Waals surface area contributed by atoms with Gasteiger partial charge in [0.2, 0.25) is 0 Å². The molecule has 1 heterocycles. The van der Waals surface area contributed by atoms with Crippen molar-refractivity contribution in [1.82, 2.24) is 0 Å². The number of aliphatic hydroxyl groups is 1. The Balaban J connectivity index is 1.87. The maximum absolute atomic E-state index is 10.2. The monoisotopic (exact) mass is 368 g/mol. The fourth-order valence-electron chi connectivity index (χ4n) is 3.39. The molecule has 4 heteroatoms. The van der Waals surface area contributed by atoms with Crippen LogP contribution >= 0.6 is 0 Å². The van der Waals surface area contributed by atoms with E-state index in [-0.39, 0.29) is 0 Å². The zero-order valence-electron chi connectivity index (χ0n) is 15.8. The van der Waals surface area contributed by atoms with Crippen LogP contribution in [0, 0.1) is 0 Å². The average molecular weight is 369 g/mol. The first-order valence-corrected chi connectivity index (χ1v) is 11.2. The van der Waals surface area contributed by atoms with Crippen LogP contribution in [-0.4, -0.2) is 38.3 Å². The molecule has 1 aliphatic heterocycles. The molecule has 1 N–H and O–H groups in total. The van der Waals surface area contributed by atoms with Gasteiger partial charge in [-0.3, -0.25) is 0 Å². The maximum Gasteiger partial charge on any atom is 0.258 e. The number of benzene rings is 2. The summed E-state index contributed by atoms with van der Waals surface area (Å²) in [7, 11) is -2.39. The second kappa shape index (κ2) is 7.88. The van der Waals surface area contributed by atoms with E-state index in [1.165, 1.54) is 10.4 Å². The first kappa shape index (κ1) is 19.0. The molecular weight excluding hydrogens is 340 g/mol. The molecule has 2 atom stereocenters. The van der Waals surface area contributed by atoms with Gasteiger partial charge in [0.05, 0.1) is 13.2 Å². The lowest BCUT2D eigenvalue weighted by atomic mass is 10.1. The molecule has 0 aliphatic carbocycles. The van der Waals surface area contributed by atoms with Crippen molar-refractivity contribution in [2.75, 3.05) is 13.2 Å². The lowest BCUT2D eigenvalue weighted by Crippen LogP contribution is -2.63. The van der Waals surface area contributed by atoms with E-state index >= 15 is 0 Å². The third kappa shape index (κ3) is 3.84. The Morgan fingerprint density at radius 1 is 1.08 bits per heavy atom. The van der Waals surface area contributed by atoms with E-state index in [1.54, 1.807) is 6.08 Å². The smallest absolute Gasteiger partial charge is 0.258 e. The summed E-state index contributed by atoms with van der Waals surface area (Å²) < 4.78 is 11.9. The number of hydrogen-bond donors (Lipinski definition) is 1. The summed E-state index contributed by atoms with van der Waals surface area (Å²) in [6.07, 6.45) is 3.13. The first-order chi connectivity index (χ1) is 12.5. The molecule has 1 saturated heterocycles. The minimum atomic E-state index is -2.39. The van der Waals surface area contributed by atoms with Gasteiger partial charge in [-0.25, -0.2) is 0 Å². The summed E-state index contributed by atoms with van der Waals surface area (Å²) >= 11 is 0. The van der Waals surface area contributed by atoms with Crippen molar-refractivity contribution in [3.63, 3.8) is 0 Å². The average Bonchev–Trinajstić information content (AvgIpc) is 3.42. The van der Waals surface area contributed by atoms with Crippen molar-refractivity contribution in [3.8, 4) is 0 Å². The molecule has 0 bridgehead atoms. The van der Waals surface area contributed by atoms with E-state index in [0.29, 0.717) is 18.8 Å². The van der Waals surface area contributed by atoms with E-state index in [0.717, 1.165) is 0 Å². The third-order valence-corrected chi connectivity index (χ3v) is 9.80. The maximum atomic E-state index is 10.2. The largest absolute Gasteiger partial charge is 0.404 e. The Morgan fingerprint density at radius 3 is 2.00 bits per heavy atom. The van der Waals surface area contributed by atoms with Crippen LogP contribution in [0.2, 0.25) is 5.54 Å². The Bertz CT molecular complexity index is 684. The SMILES string of the molecule is CC(C)[Si](OC/C=C/C(O)C1(C)CO1)(c1ccccc1)c1ccccc1. The first-order valence-electron chi connectivity index (χ1n) is 9.23. The molecule has 3 rings (SSSR count). The van der Waals surface area contributed by atoms with Crippen molar-refractivity contribution in [3.05, 3.63) is 72.8 Å². The van der Waals surface area contributed by atoms with Crippen molar-refractivity contribution in [2.24, 2.45) is 0 Å². The van der Waals surface area contributed by atoms with Crippen LogP contribution in [0.5, 0.6) is 0 Å². The van der Waals surface area contributed by atoms with Crippen LogP contribution in [0.3, 0.4) is 0 Å². The minimum Gasteiger partial charge on any atom is -0.404 e. The summed E-state index contributed by atoms with van der Waals surface area (Å²) in [5.41, 5.74) is -0.0445. The van der Waals surface area contributed by atoms with E-state index < -0.39 is 20.0 Å². The van der Waals surface area contributed by atoms with Crippen molar-refractivity contribution in [1.29, 1.82) is 0 Å². The molecule has 2 aromatic rings. The fraction of sp³-hybridized carbons (Fsp3) is 0.364. The van der Waals surface area contributed by atoms with Gasteiger partial charge >= 0.3 is 0 Å². The second-order valence-corrected chi connectivity index (χ2v) is 11.5. The van der Waals surface area contributed by atoms with Gasteiger partial charge in [0, 0.05) is 0 Å². The normalized spacial score (nSPS) is 21.3. The van der Waals surface area contributed by atoms with Gasteiger partial charge in [0.1, 0.15) is 11.7 Å². The summed E-state index contributed by atoms with van der Waals surface area (Å²) in [5, 5.41) is 12.7. The molecule has 0 amide bonds. The van der Waals surface area contributed by atoms with E-state index in [1.807, 2.05) is 25.1 Å². The summed E-state index contributed by atoms with van der Waals surface area (Å²) in [5.74, 6) is 0. The predicted molar refractivity (Wildman–Crippen MR) is 108 cm³/mol. The Hall–Kier alpha value is -1.72. The minimum absolute atomic E-state index is 0.370. The van der Waals surface area contributed by atoms with Crippen LogP contribution in [0.4, 0.5) is 0 Å². The van der Waals surface area contributed by atoms with Gasteiger partial charge < -0.3 is 14.3 Å². The van der Waals surface area contributed by atoms with Crippen molar-refractivity contribution in [2.45, 2.75) is 38.0 Å². The van der Waals surface area contributed by atoms with Crippen LogP contribution < -0.4 is 10.4 Å². The van der Waals surface area contributed by atoms with Crippen molar-refractivity contribution < 1.29 is 14.3 Å². The molecule has 2 aromatic carbocycles. The van der Waals surface area contributed by atoms with Gasteiger partial charge in [0.25, 0.3) is 8.32 Å². The molecule has 3 nitrogen and oxygen atoms in total. The third-order valence-electron chi connectivity index (χ3n) is 5.17. The van der Waals surface area contributed by atoms with Crippen LogP contribution in [0.1, 0.15) is 20.8 Å². The highest BCUT2D eigenvalue weighted by atomic mass is 28.4. The second-order valence-electron chi connectivity index (χ2n) is 7.41. The van der Waals surface area contributed by atoms with Crippen LogP contribution in [0.25, 0.3) is 0 Å². The highest BCUT2D eigenvalue weighted by molar-refractivity contribution is 6.98. The molecule has 1 aliphatic rings. The lowest BCUT2D eigenvalue weighted by molar-refractivity contribution is 0.123. The van der Waals surface area contributed by atoms with Gasteiger partial charge in [-0.15, -0.1) is 0 Å². The Kier molecular flexibility index (Phi) is 5.78. The molecule has 2 unspecified atom stereocenters. The zero-order chi connectivity index (χ0) is 18.6. The van der Waals surface area contributed by atoms with Gasteiger partial charge in [-0.2, -0.15) is 0 Å². The lowest BCUT2D eigenvalue weighted by Gasteiger charge is -2.35. The fourth-order valence-corrected chi connectivity index (χ4v) is 7.46. The highest BCUT2D eigenvalue weighted by Crippen LogP contribution is 2.30.